The molecule has 0 aliphatic rings. The number of halogens is 7. The van der Waals surface area contributed by atoms with E-state index in [4.69, 9.17) is 69.6 Å². The first-order valence-corrected chi connectivity index (χ1v) is 5.72. The summed E-state index contributed by atoms with van der Waals surface area (Å²) in [6.07, 6.45) is -1.17. The maximum atomic E-state index is 12.9. The van der Waals surface area contributed by atoms with E-state index in [9.17, 15) is 4.39 Å². The van der Waals surface area contributed by atoms with Crippen LogP contribution in [0.4, 0.5) is 4.39 Å². The molecule has 0 aliphatic heterocycles. The second-order valence-corrected chi connectivity index (χ2v) is 6.86. The average molecular weight is 349 g/mol. The van der Waals surface area contributed by atoms with Crippen LogP contribution in [0.1, 0.15) is 5.69 Å². The van der Waals surface area contributed by atoms with E-state index < -0.39 is 13.8 Å². The molecule has 1 heterocycles. The Hall–Kier alpha value is 0.550. The minimum absolute atomic E-state index is 0.241. The fourth-order valence-electron chi connectivity index (χ4n) is 0.713. The Balaban J connectivity index is 3.09. The molecule has 0 unspecified atom stereocenters. The summed E-state index contributed by atoms with van der Waals surface area (Å²) in [4.78, 5) is 6.46. The molecule has 0 saturated heterocycles. The summed E-state index contributed by atoms with van der Waals surface area (Å²) in [5.74, 6) is -0.367. The first-order valence-electron chi connectivity index (χ1n) is 3.45. The largest absolute Gasteiger partial charge is 0.427 e. The van der Waals surface area contributed by atoms with Crippen molar-refractivity contribution in [3.63, 3.8) is 0 Å². The molecule has 0 fully saturated rings. The normalized spacial score (nSPS) is 12.7. The molecule has 0 aliphatic carbocycles. The molecule has 0 spiro atoms. The van der Waals surface area contributed by atoms with Crippen molar-refractivity contribution in [1.82, 2.24) is 9.97 Å². The van der Waals surface area contributed by atoms with Crippen molar-refractivity contribution in [3.05, 3.63) is 17.8 Å². The molecule has 1 rings (SSSR count). The molecule has 0 amide bonds. The minimum Gasteiger partial charge on any atom is -0.427 e. The lowest BCUT2D eigenvalue weighted by molar-refractivity contribution is 0.299. The van der Waals surface area contributed by atoms with Crippen molar-refractivity contribution in [2.24, 2.45) is 0 Å². The summed E-state index contributed by atoms with van der Waals surface area (Å²) in [5.41, 5.74) is -0.241. The topological polar surface area (TPSA) is 35.0 Å². The van der Waals surface area contributed by atoms with Crippen molar-refractivity contribution < 1.29 is 9.13 Å². The van der Waals surface area contributed by atoms with Gasteiger partial charge >= 0.3 is 10.1 Å². The first-order chi connectivity index (χ1) is 7.08. The van der Waals surface area contributed by atoms with E-state index in [2.05, 4.69) is 14.7 Å². The molecule has 0 aromatic carbocycles. The summed E-state index contributed by atoms with van der Waals surface area (Å²) in [5, 5.41) is 0. The van der Waals surface area contributed by atoms with E-state index >= 15 is 0 Å². The SMILES string of the molecule is Fc1nc(OC(Cl)(Cl)Cl)cc(C(Cl)(Cl)Cl)n1. The maximum absolute atomic E-state index is 12.9. The van der Waals surface area contributed by atoms with Crippen LogP contribution < -0.4 is 4.74 Å². The van der Waals surface area contributed by atoms with E-state index in [1.807, 2.05) is 0 Å². The van der Waals surface area contributed by atoms with Crippen LogP contribution in [-0.4, -0.2) is 13.9 Å². The number of aromatic nitrogens is 2. The molecule has 0 bridgehead atoms. The summed E-state index contributed by atoms with van der Waals surface area (Å²) < 4.78 is 13.5. The third kappa shape index (κ3) is 4.82. The van der Waals surface area contributed by atoms with E-state index in [1.54, 1.807) is 0 Å². The zero-order valence-electron chi connectivity index (χ0n) is 7.03. The smallest absolute Gasteiger partial charge is 0.339 e. The van der Waals surface area contributed by atoms with Gasteiger partial charge in [0.25, 0.3) is 0 Å². The zero-order chi connectivity index (χ0) is 12.6. The first kappa shape index (κ1) is 14.6. The quantitative estimate of drug-likeness (QED) is 0.565. The molecule has 16 heavy (non-hydrogen) atoms. The Bertz CT molecular complexity index is 390. The van der Waals surface area contributed by atoms with Gasteiger partial charge in [0.15, 0.2) is 0 Å². The third-order valence-corrected chi connectivity index (χ3v) is 2.00. The van der Waals surface area contributed by atoms with E-state index in [0.717, 1.165) is 6.07 Å². The lowest BCUT2D eigenvalue weighted by Crippen LogP contribution is -2.16. The maximum Gasteiger partial charge on any atom is 0.339 e. The van der Waals surface area contributed by atoms with Gasteiger partial charge < -0.3 is 4.74 Å². The summed E-state index contributed by atoms with van der Waals surface area (Å²) in [6.45, 7) is 0. The van der Waals surface area contributed by atoms with Crippen molar-refractivity contribution >= 4 is 69.6 Å². The highest BCUT2D eigenvalue weighted by Gasteiger charge is 2.29. The van der Waals surface area contributed by atoms with Gasteiger partial charge in [0, 0.05) is 6.07 Å². The Morgan fingerprint density at radius 3 is 2.06 bits per heavy atom. The standard InChI is InChI=1S/C6HCl6FN2O/c7-5(8,9)2-1-3(15-4(13)14-2)16-6(10,11)12/h1H. The Morgan fingerprint density at radius 2 is 1.62 bits per heavy atom. The molecule has 0 saturated carbocycles. The summed E-state index contributed by atoms with van der Waals surface area (Å²) >= 11 is 32.4. The molecular weight excluding hydrogens is 348 g/mol. The lowest BCUT2D eigenvalue weighted by Gasteiger charge is -2.15. The van der Waals surface area contributed by atoms with E-state index in [0.29, 0.717) is 0 Å². The van der Waals surface area contributed by atoms with Crippen LogP contribution in [0.15, 0.2) is 6.07 Å². The highest BCUT2D eigenvalue weighted by atomic mass is 35.6. The summed E-state index contributed by atoms with van der Waals surface area (Å²) in [7, 11) is 0. The van der Waals surface area contributed by atoms with Gasteiger partial charge in [-0.2, -0.15) is 9.37 Å². The molecule has 1 aromatic heterocycles. The van der Waals surface area contributed by atoms with Gasteiger partial charge in [-0.1, -0.05) is 34.8 Å². The lowest BCUT2D eigenvalue weighted by atomic mass is 10.4. The predicted molar refractivity (Wildman–Crippen MR) is 62.1 cm³/mol. The molecule has 0 N–H and O–H groups in total. The van der Waals surface area contributed by atoms with Crippen LogP contribution in [0.3, 0.4) is 0 Å². The predicted octanol–water partition coefficient (Wildman–Crippen LogP) is 4.15. The van der Waals surface area contributed by atoms with Gasteiger partial charge in [-0.3, -0.25) is 0 Å². The van der Waals surface area contributed by atoms with Gasteiger partial charge in [-0.25, -0.2) is 4.98 Å². The van der Waals surface area contributed by atoms with Gasteiger partial charge in [0.05, 0.1) is 0 Å². The second-order valence-electron chi connectivity index (χ2n) is 2.41. The number of nitrogens with zero attached hydrogens (tertiary/aromatic N) is 2. The number of ether oxygens (including phenoxy) is 1. The Kier molecular flexibility index (Phi) is 4.60. The minimum atomic E-state index is -2.11. The van der Waals surface area contributed by atoms with Crippen molar-refractivity contribution in [3.8, 4) is 5.88 Å². The highest BCUT2D eigenvalue weighted by Crippen LogP contribution is 2.38. The molecule has 90 valence electrons. The van der Waals surface area contributed by atoms with Gasteiger partial charge in [-0.15, -0.1) is 0 Å². The molecule has 0 radical (unpaired) electrons. The van der Waals surface area contributed by atoms with Crippen LogP contribution in [-0.2, 0) is 3.79 Å². The number of hydrogen-bond acceptors (Lipinski definition) is 3. The van der Waals surface area contributed by atoms with Crippen LogP contribution in [0.2, 0.25) is 0 Å². The fourth-order valence-corrected chi connectivity index (χ4v) is 1.24. The van der Waals surface area contributed by atoms with Gasteiger partial charge in [0.2, 0.25) is 9.67 Å². The van der Waals surface area contributed by atoms with Gasteiger partial charge in [0.1, 0.15) is 5.69 Å². The third-order valence-electron chi connectivity index (χ3n) is 1.19. The average Bonchev–Trinajstić information content (AvgIpc) is 1.97. The van der Waals surface area contributed by atoms with Gasteiger partial charge in [-0.05, 0) is 34.8 Å². The van der Waals surface area contributed by atoms with Crippen LogP contribution >= 0.6 is 69.6 Å². The van der Waals surface area contributed by atoms with E-state index in [1.165, 1.54) is 0 Å². The number of alkyl halides is 6. The molecule has 0 atom stereocenters. The zero-order valence-corrected chi connectivity index (χ0v) is 11.6. The van der Waals surface area contributed by atoms with Crippen molar-refractivity contribution in [2.75, 3.05) is 0 Å². The molecular formula is C6HCl6FN2O. The highest BCUT2D eigenvalue weighted by molar-refractivity contribution is 6.67. The number of hydrogen-bond donors (Lipinski definition) is 0. The summed E-state index contributed by atoms with van der Waals surface area (Å²) in [6, 6.07) is 1.04. The Labute approximate surface area is 120 Å². The van der Waals surface area contributed by atoms with Crippen molar-refractivity contribution in [2.45, 2.75) is 7.77 Å². The second kappa shape index (κ2) is 5.04. The van der Waals surface area contributed by atoms with Crippen molar-refractivity contribution in [1.29, 1.82) is 0 Å². The van der Waals surface area contributed by atoms with Crippen LogP contribution in [0, 0.1) is 6.08 Å². The molecule has 10 heteroatoms. The number of rotatable bonds is 1. The molecule has 1 aromatic rings. The Morgan fingerprint density at radius 1 is 1.06 bits per heavy atom. The van der Waals surface area contributed by atoms with E-state index in [-0.39, 0.29) is 11.6 Å². The molecule has 3 nitrogen and oxygen atoms in total. The fraction of sp³-hybridized carbons (Fsp3) is 0.333. The monoisotopic (exact) mass is 346 g/mol. The van der Waals surface area contributed by atoms with Crippen LogP contribution in [0.25, 0.3) is 0 Å². The van der Waals surface area contributed by atoms with Crippen LogP contribution in [0.5, 0.6) is 5.88 Å².